The summed E-state index contributed by atoms with van der Waals surface area (Å²) in [6.07, 6.45) is 0.975. The number of amides is 1. The summed E-state index contributed by atoms with van der Waals surface area (Å²) in [6, 6.07) is 3.20. The monoisotopic (exact) mass is 209 g/mol. The van der Waals surface area contributed by atoms with E-state index < -0.39 is 11.7 Å². The van der Waals surface area contributed by atoms with Crippen molar-refractivity contribution in [1.29, 1.82) is 0 Å². The lowest BCUT2D eigenvalue weighted by Gasteiger charge is -2.19. The topological polar surface area (TPSA) is 77.2 Å². The first-order valence-corrected chi connectivity index (χ1v) is 4.58. The Morgan fingerprint density at radius 2 is 2.20 bits per heavy atom. The molecule has 0 spiro atoms. The van der Waals surface area contributed by atoms with Crippen molar-refractivity contribution >= 4 is 17.6 Å². The van der Waals surface area contributed by atoms with E-state index in [1.807, 2.05) is 0 Å². The molecule has 0 saturated carbocycles. The highest BCUT2D eigenvalue weighted by Gasteiger charge is 2.16. The Morgan fingerprint density at radius 3 is 2.73 bits per heavy atom. The van der Waals surface area contributed by atoms with Crippen LogP contribution >= 0.6 is 0 Å². The van der Waals surface area contributed by atoms with E-state index in [0.29, 0.717) is 11.5 Å². The molecule has 0 atom stereocenters. The van der Waals surface area contributed by atoms with E-state index >= 15 is 0 Å². The molecule has 0 fully saturated rings. The van der Waals surface area contributed by atoms with Crippen LogP contribution in [0.1, 0.15) is 20.8 Å². The lowest BCUT2D eigenvalue weighted by atomic mass is 10.2. The normalized spacial score (nSPS) is 10.9. The summed E-state index contributed by atoms with van der Waals surface area (Å²) < 4.78 is 5.05. The van der Waals surface area contributed by atoms with Crippen LogP contribution < -0.4 is 11.1 Å². The van der Waals surface area contributed by atoms with Gasteiger partial charge in [0.15, 0.2) is 0 Å². The molecule has 0 aliphatic heterocycles. The third kappa shape index (κ3) is 4.30. The molecule has 0 bridgehead atoms. The Labute approximate surface area is 88.6 Å². The molecule has 1 aromatic heterocycles. The van der Waals surface area contributed by atoms with Gasteiger partial charge in [-0.2, -0.15) is 0 Å². The molecule has 1 amide bonds. The van der Waals surface area contributed by atoms with Crippen molar-refractivity contribution < 1.29 is 9.53 Å². The number of anilines is 2. The van der Waals surface area contributed by atoms with Gasteiger partial charge < -0.3 is 10.5 Å². The number of aromatic nitrogens is 1. The van der Waals surface area contributed by atoms with Crippen molar-refractivity contribution in [2.24, 2.45) is 0 Å². The fraction of sp³-hybridized carbons (Fsp3) is 0.400. The predicted molar refractivity (Wildman–Crippen MR) is 58.5 cm³/mol. The highest BCUT2D eigenvalue weighted by Crippen LogP contribution is 2.11. The third-order valence-electron chi connectivity index (χ3n) is 1.41. The van der Waals surface area contributed by atoms with Gasteiger partial charge in [-0.1, -0.05) is 0 Å². The zero-order chi connectivity index (χ0) is 11.5. The van der Waals surface area contributed by atoms with E-state index in [1.54, 1.807) is 32.9 Å². The van der Waals surface area contributed by atoms with Crippen LogP contribution in [0.4, 0.5) is 16.3 Å². The molecular weight excluding hydrogens is 194 g/mol. The minimum atomic E-state index is -0.541. The van der Waals surface area contributed by atoms with Crippen LogP contribution in [0.5, 0.6) is 0 Å². The minimum absolute atomic E-state index is 0.379. The SMILES string of the molecule is CC(C)(C)OC(=O)Nc1cc(N)ccn1. The van der Waals surface area contributed by atoms with E-state index in [1.165, 1.54) is 6.20 Å². The van der Waals surface area contributed by atoms with Gasteiger partial charge in [-0.3, -0.25) is 5.32 Å². The molecule has 0 unspecified atom stereocenters. The standard InChI is InChI=1S/C10H15N3O2/c1-10(2,3)15-9(14)13-8-6-7(11)4-5-12-8/h4-6H,1-3H3,(H3,11,12,13,14). The number of hydrogen-bond donors (Lipinski definition) is 2. The van der Waals surface area contributed by atoms with Gasteiger partial charge in [0.05, 0.1) is 0 Å². The zero-order valence-electron chi connectivity index (χ0n) is 9.07. The van der Waals surface area contributed by atoms with Crippen molar-refractivity contribution in [2.45, 2.75) is 26.4 Å². The first-order chi connectivity index (χ1) is 6.87. The fourth-order valence-corrected chi connectivity index (χ4v) is 0.923. The van der Waals surface area contributed by atoms with Gasteiger partial charge in [-0.15, -0.1) is 0 Å². The largest absolute Gasteiger partial charge is 0.444 e. The summed E-state index contributed by atoms with van der Waals surface area (Å²) in [5.74, 6) is 0.379. The summed E-state index contributed by atoms with van der Waals surface area (Å²) in [5.41, 5.74) is 5.54. The van der Waals surface area contributed by atoms with Crippen LogP contribution in [-0.2, 0) is 4.74 Å². The van der Waals surface area contributed by atoms with E-state index in [2.05, 4.69) is 10.3 Å². The molecule has 82 valence electrons. The van der Waals surface area contributed by atoms with Crippen LogP contribution in [0, 0.1) is 0 Å². The number of carbonyl (C=O) groups is 1. The molecule has 5 nitrogen and oxygen atoms in total. The molecule has 1 aromatic rings. The maximum Gasteiger partial charge on any atom is 0.413 e. The van der Waals surface area contributed by atoms with Gasteiger partial charge in [0.25, 0.3) is 0 Å². The van der Waals surface area contributed by atoms with Crippen LogP contribution in [0.3, 0.4) is 0 Å². The van der Waals surface area contributed by atoms with E-state index in [4.69, 9.17) is 10.5 Å². The zero-order valence-corrected chi connectivity index (χ0v) is 9.07. The van der Waals surface area contributed by atoms with Crippen molar-refractivity contribution in [3.8, 4) is 0 Å². The minimum Gasteiger partial charge on any atom is -0.444 e. The van der Waals surface area contributed by atoms with Gasteiger partial charge >= 0.3 is 6.09 Å². The van der Waals surface area contributed by atoms with Crippen LogP contribution in [0.15, 0.2) is 18.3 Å². The van der Waals surface area contributed by atoms with Gasteiger partial charge in [0, 0.05) is 18.0 Å². The molecule has 0 radical (unpaired) electrons. The second-order valence-electron chi connectivity index (χ2n) is 4.10. The molecule has 0 aromatic carbocycles. The first-order valence-electron chi connectivity index (χ1n) is 4.58. The molecule has 15 heavy (non-hydrogen) atoms. The number of hydrogen-bond acceptors (Lipinski definition) is 4. The molecule has 0 aliphatic rings. The summed E-state index contributed by atoms with van der Waals surface area (Å²) >= 11 is 0. The Kier molecular flexibility index (Phi) is 3.14. The van der Waals surface area contributed by atoms with E-state index in [9.17, 15) is 4.79 Å². The lowest BCUT2D eigenvalue weighted by molar-refractivity contribution is 0.0635. The van der Waals surface area contributed by atoms with E-state index in [-0.39, 0.29) is 0 Å². The maximum absolute atomic E-state index is 11.3. The number of carbonyl (C=O) groups excluding carboxylic acids is 1. The van der Waals surface area contributed by atoms with Gasteiger partial charge in [-0.05, 0) is 26.8 Å². The van der Waals surface area contributed by atoms with Crippen molar-refractivity contribution in [1.82, 2.24) is 4.98 Å². The fourth-order valence-electron chi connectivity index (χ4n) is 0.923. The summed E-state index contributed by atoms with van der Waals surface area (Å²) in [4.78, 5) is 15.2. The molecule has 5 heteroatoms. The predicted octanol–water partition coefficient (Wildman–Crippen LogP) is 2.01. The summed E-state index contributed by atoms with van der Waals surface area (Å²) in [7, 11) is 0. The van der Waals surface area contributed by atoms with Gasteiger partial charge in [-0.25, -0.2) is 9.78 Å². The second-order valence-corrected chi connectivity index (χ2v) is 4.10. The van der Waals surface area contributed by atoms with Gasteiger partial charge in [0.1, 0.15) is 11.4 Å². The Balaban J connectivity index is 2.59. The Hall–Kier alpha value is -1.78. The average Bonchev–Trinajstić information content (AvgIpc) is 1.99. The quantitative estimate of drug-likeness (QED) is 0.741. The number of ether oxygens (including phenoxy) is 1. The second kappa shape index (κ2) is 4.16. The molecule has 1 rings (SSSR count). The molecule has 0 aliphatic carbocycles. The number of nitrogens with two attached hydrogens (primary N) is 1. The smallest absolute Gasteiger partial charge is 0.413 e. The number of pyridine rings is 1. The molecule has 3 N–H and O–H groups in total. The van der Waals surface area contributed by atoms with Crippen molar-refractivity contribution in [3.05, 3.63) is 18.3 Å². The van der Waals surface area contributed by atoms with Crippen LogP contribution in [-0.4, -0.2) is 16.7 Å². The number of nitrogen functional groups attached to an aromatic ring is 1. The highest BCUT2D eigenvalue weighted by molar-refractivity contribution is 5.84. The van der Waals surface area contributed by atoms with Crippen LogP contribution in [0.25, 0.3) is 0 Å². The highest BCUT2D eigenvalue weighted by atomic mass is 16.6. The third-order valence-corrected chi connectivity index (χ3v) is 1.41. The molecule has 0 saturated heterocycles. The van der Waals surface area contributed by atoms with Crippen molar-refractivity contribution in [2.75, 3.05) is 11.1 Å². The molecular formula is C10H15N3O2. The van der Waals surface area contributed by atoms with Crippen LogP contribution in [0.2, 0.25) is 0 Å². The van der Waals surface area contributed by atoms with Crippen molar-refractivity contribution in [3.63, 3.8) is 0 Å². The number of nitrogens with zero attached hydrogens (tertiary/aromatic N) is 1. The first kappa shape index (κ1) is 11.3. The number of rotatable bonds is 1. The molecule has 1 heterocycles. The summed E-state index contributed by atoms with van der Waals surface area (Å²) in [5, 5.41) is 2.49. The Bertz CT molecular complexity index is 358. The summed E-state index contributed by atoms with van der Waals surface area (Å²) in [6.45, 7) is 5.37. The van der Waals surface area contributed by atoms with Gasteiger partial charge in [0.2, 0.25) is 0 Å². The average molecular weight is 209 g/mol. The Morgan fingerprint density at radius 1 is 1.53 bits per heavy atom. The maximum atomic E-state index is 11.3. The number of nitrogens with one attached hydrogen (secondary N) is 1. The lowest BCUT2D eigenvalue weighted by Crippen LogP contribution is -2.27. The van der Waals surface area contributed by atoms with E-state index in [0.717, 1.165) is 0 Å².